The van der Waals surface area contributed by atoms with Crippen LogP contribution in [0.25, 0.3) is 10.8 Å². The van der Waals surface area contributed by atoms with E-state index < -0.39 is 0 Å². The molecule has 3 nitrogen and oxygen atoms in total. The van der Waals surface area contributed by atoms with Crippen molar-refractivity contribution in [2.75, 3.05) is 17.6 Å². The Morgan fingerprint density at radius 1 is 1.21 bits per heavy atom. The molecule has 0 aliphatic heterocycles. The lowest BCUT2D eigenvalue weighted by Gasteiger charge is -2.18. The summed E-state index contributed by atoms with van der Waals surface area (Å²) in [5, 5.41) is 5.69. The Bertz CT molecular complexity index is 902. The molecule has 3 aromatic rings. The molecule has 0 saturated heterocycles. The molecule has 0 atom stereocenters. The molecular weight excluding hydrogens is 362 g/mol. The van der Waals surface area contributed by atoms with Crippen LogP contribution in [-0.4, -0.2) is 11.5 Å². The lowest BCUT2D eigenvalue weighted by molar-refractivity contribution is 0.731. The highest BCUT2D eigenvalue weighted by atomic mass is 79.9. The monoisotopic (exact) mass is 381 g/mol. The largest absolute Gasteiger partial charge is 0.398 e. The van der Waals surface area contributed by atoms with Crippen LogP contribution in [0.15, 0.2) is 53.1 Å². The molecule has 0 unspecified atom stereocenters. The minimum Gasteiger partial charge on any atom is -0.398 e. The number of nitrogens with two attached hydrogens (primary N) is 1. The van der Waals surface area contributed by atoms with Crippen LogP contribution in [-0.2, 0) is 5.41 Å². The van der Waals surface area contributed by atoms with Crippen LogP contribution in [0.3, 0.4) is 0 Å². The maximum atomic E-state index is 6.23. The summed E-state index contributed by atoms with van der Waals surface area (Å²) in [6, 6.07) is 14.9. The number of hydrogen-bond donors (Lipinski definition) is 2. The van der Waals surface area contributed by atoms with Crippen molar-refractivity contribution in [1.29, 1.82) is 0 Å². The van der Waals surface area contributed by atoms with Crippen LogP contribution in [0.4, 0.5) is 11.5 Å². The number of halogens is 1. The van der Waals surface area contributed by atoms with E-state index in [4.69, 9.17) is 5.73 Å². The normalized spacial score (nSPS) is 15.4. The van der Waals surface area contributed by atoms with E-state index in [9.17, 15) is 0 Å². The van der Waals surface area contributed by atoms with Gasteiger partial charge in [0.2, 0.25) is 0 Å². The van der Waals surface area contributed by atoms with E-state index in [1.54, 1.807) is 0 Å². The molecule has 0 radical (unpaired) electrons. The fourth-order valence-electron chi connectivity index (χ4n) is 3.43. The molecule has 4 heteroatoms. The van der Waals surface area contributed by atoms with Gasteiger partial charge in [-0.2, -0.15) is 0 Å². The average molecular weight is 382 g/mol. The summed E-state index contributed by atoms with van der Waals surface area (Å²) in [5.74, 6) is 0.908. The van der Waals surface area contributed by atoms with E-state index in [-0.39, 0.29) is 5.41 Å². The predicted octanol–water partition coefficient (Wildman–Crippen LogP) is 5.03. The van der Waals surface area contributed by atoms with Crippen molar-refractivity contribution < 1.29 is 0 Å². The summed E-state index contributed by atoms with van der Waals surface area (Å²) >= 11 is 3.58. The molecule has 1 heterocycles. The van der Waals surface area contributed by atoms with Crippen molar-refractivity contribution >= 4 is 38.2 Å². The lowest BCUT2D eigenvalue weighted by atomic mass is 9.96. The van der Waals surface area contributed by atoms with Gasteiger partial charge in [0.1, 0.15) is 5.82 Å². The lowest BCUT2D eigenvalue weighted by Crippen LogP contribution is -2.20. The van der Waals surface area contributed by atoms with Gasteiger partial charge in [0, 0.05) is 39.1 Å². The summed E-state index contributed by atoms with van der Waals surface area (Å²) in [6.45, 7) is 2.96. The minimum absolute atomic E-state index is 0.248. The Labute approximate surface area is 150 Å². The summed E-state index contributed by atoms with van der Waals surface area (Å²) in [7, 11) is 0. The number of benzene rings is 2. The van der Waals surface area contributed by atoms with Crippen molar-refractivity contribution in [3.8, 4) is 0 Å². The second kappa shape index (κ2) is 5.78. The van der Waals surface area contributed by atoms with Gasteiger partial charge in [0.05, 0.1) is 0 Å². The maximum Gasteiger partial charge on any atom is 0.134 e. The number of nitrogens with one attached hydrogen (secondary N) is 1. The highest BCUT2D eigenvalue weighted by Gasteiger charge is 2.43. The van der Waals surface area contributed by atoms with Crippen LogP contribution in [0.5, 0.6) is 0 Å². The van der Waals surface area contributed by atoms with Gasteiger partial charge in [-0.25, -0.2) is 4.98 Å². The highest BCUT2D eigenvalue weighted by Crippen LogP contribution is 2.48. The molecule has 4 rings (SSSR count). The molecule has 2 aromatic carbocycles. The van der Waals surface area contributed by atoms with Gasteiger partial charge in [-0.1, -0.05) is 30.3 Å². The zero-order valence-electron chi connectivity index (χ0n) is 13.6. The third-order valence-electron chi connectivity index (χ3n) is 4.95. The first-order chi connectivity index (χ1) is 11.6. The summed E-state index contributed by atoms with van der Waals surface area (Å²) in [5.41, 5.74) is 9.82. The molecular formula is C20H20BrN3. The molecule has 122 valence electrons. The van der Waals surface area contributed by atoms with Gasteiger partial charge in [-0.15, -0.1) is 0 Å². The number of aryl methyl sites for hydroxylation is 1. The Kier molecular flexibility index (Phi) is 3.72. The smallest absolute Gasteiger partial charge is 0.134 e. The Hall–Kier alpha value is -2.07. The zero-order chi connectivity index (χ0) is 16.7. The van der Waals surface area contributed by atoms with E-state index in [1.807, 2.05) is 12.3 Å². The van der Waals surface area contributed by atoms with Gasteiger partial charge in [-0.05, 0) is 59.0 Å². The first-order valence-electron chi connectivity index (χ1n) is 8.23. The third-order valence-corrected chi connectivity index (χ3v) is 5.55. The van der Waals surface area contributed by atoms with Crippen LogP contribution < -0.4 is 11.1 Å². The number of rotatable bonds is 4. The van der Waals surface area contributed by atoms with E-state index in [1.165, 1.54) is 18.4 Å². The molecule has 0 spiro atoms. The second-order valence-corrected chi connectivity index (χ2v) is 7.59. The molecule has 1 saturated carbocycles. The molecule has 1 aliphatic rings. The Balaban J connectivity index is 1.68. The van der Waals surface area contributed by atoms with Crippen LogP contribution in [0.1, 0.15) is 24.0 Å². The summed E-state index contributed by atoms with van der Waals surface area (Å²) < 4.78 is 0.935. The Morgan fingerprint density at radius 2 is 1.96 bits per heavy atom. The molecule has 0 amide bonds. The van der Waals surface area contributed by atoms with Gasteiger partial charge in [0.25, 0.3) is 0 Å². The SMILES string of the molecule is Cc1cc(N)c2c(Br)cnc(NCC3(c4ccccc4)CC3)c2c1. The van der Waals surface area contributed by atoms with Crippen molar-refractivity contribution in [1.82, 2.24) is 4.98 Å². The zero-order valence-corrected chi connectivity index (χ0v) is 15.2. The van der Waals surface area contributed by atoms with Gasteiger partial charge >= 0.3 is 0 Å². The molecule has 1 aromatic heterocycles. The number of aromatic nitrogens is 1. The maximum absolute atomic E-state index is 6.23. The summed E-state index contributed by atoms with van der Waals surface area (Å²) in [4.78, 5) is 4.60. The van der Waals surface area contributed by atoms with Crippen LogP contribution in [0, 0.1) is 6.92 Å². The minimum atomic E-state index is 0.248. The fraction of sp³-hybridized carbons (Fsp3) is 0.250. The topological polar surface area (TPSA) is 50.9 Å². The van der Waals surface area contributed by atoms with Gasteiger partial charge in [0.15, 0.2) is 0 Å². The number of pyridine rings is 1. The quantitative estimate of drug-likeness (QED) is 0.622. The van der Waals surface area contributed by atoms with Crippen molar-refractivity contribution in [2.45, 2.75) is 25.2 Å². The van der Waals surface area contributed by atoms with E-state index in [2.05, 4.69) is 69.6 Å². The van der Waals surface area contributed by atoms with Crippen molar-refractivity contribution in [3.63, 3.8) is 0 Å². The highest BCUT2D eigenvalue weighted by molar-refractivity contribution is 9.10. The molecule has 1 aliphatic carbocycles. The molecule has 1 fully saturated rings. The second-order valence-electron chi connectivity index (χ2n) is 6.73. The number of nitrogen functional groups attached to an aromatic ring is 1. The predicted molar refractivity (Wildman–Crippen MR) is 104 cm³/mol. The molecule has 0 bridgehead atoms. The summed E-state index contributed by atoms with van der Waals surface area (Å²) in [6.07, 6.45) is 4.28. The number of fused-ring (bicyclic) bond motifs is 1. The van der Waals surface area contributed by atoms with E-state index in [0.717, 1.165) is 38.9 Å². The Morgan fingerprint density at radius 3 is 2.67 bits per heavy atom. The number of nitrogens with zero attached hydrogens (tertiary/aromatic N) is 1. The van der Waals surface area contributed by atoms with Gasteiger partial charge in [-0.3, -0.25) is 0 Å². The fourth-order valence-corrected chi connectivity index (χ4v) is 3.97. The number of anilines is 2. The third kappa shape index (κ3) is 2.65. The first-order valence-corrected chi connectivity index (χ1v) is 9.02. The molecule has 3 N–H and O–H groups in total. The van der Waals surface area contributed by atoms with Crippen LogP contribution in [0.2, 0.25) is 0 Å². The average Bonchev–Trinajstić information content (AvgIpc) is 3.36. The van der Waals surface area contributed by atoms with Crippen molar-refractivity contribution in [3.05, 3.63) is 64.3 Å². The number of hydrogen-bond acceptors (Lipinski definition) is 3. The van der Waals surface area contributed by atoms with Crippen molar-refractivity contribution in [2.24, 2.45) is 0 Å². The molecule has 24 heavy (non-hydrogen) atoms. The van der Waals surface area contributed by atoms with E-state index in [0.29, 0.717) is 0 Å². The first kappa shape index (κ1) is 15.5. The standard InChI is InChI=1S/C20H20BrN3/c1-13-9-15-18(17(22)10-13)16(21)11-23-19(15)24-12-20(7-8-20)14-5-3-2-4-6-14/h2-6,9-11H,7-8,12,22H2,1H3,(H,23,24). The van der Waals surface area contributed by atoms with E-state index >= 15 is 0 Å². The van der Waals surface area contributed by atoms with Crippen LogP contribution >= 0.6 is 15.9 Å². The van der Waals surface area contributed by atoms with Gasteiger partial charge < -0.3 is 11.1 Å².